The van der Waals surface area contributed by atoms with Crippen LogP contribution in [0.25, 0.3) is 0 Å². The third-order valence-corrected chi connectivity index (χ3v) is 3.85. The van der Waals surface area contributed by atoms with E-state index in [2.05, 4.69) is 20.8 Å². The molecule has 0 amide bonds. The Kier molecular flexibility index (Phi) is 5.16. The molecule has 0 saturated carbocycles. The minimum absolute atomic E-state index is 0.281. The van der Waals surface area contributed by atoms with E-state index in [4.69, 9.17) is 4.74 Å². The Bertz CT molecular complexity index is 534. The first-order valence-electron chi connectivity index (χ1n) is 7.49. The number of hydrogen-bond acceptors (Lipinski definition) is 2. The van der Waals surface area contributed by atoms with Crippen LogP contribution in [0.1, 0.15) is 50.5 Å². The van der Waals surface area contributed by atoms with Gasteiger partial charge in [-0.2, -0.15) is 0 Å². The molecule has 112 valence electrons. The van der Waals surface area contributed by atoms with E-state index < -0.39 is 6.10 Å². The van der Waals surface area contributed by atoms with E-state index >= 15 is 0 Å². The average molecular weight is 284 g/mol. The Morgan fingerprint density at radius 1 is 0.905 bits per heavy atom. The Morgan fingerprint density at radius 3 is 1.86 bits per heavy atom. The van der Waals surface area contributed by atoms with Crippen molar-refractivity contribution >= 4 is 0 Å². The van der Waals surface area contributed by atoms with Gasteiger partial charge in [0.2, 0.25) is 0 Å². The highest BCUT2D eigenvalue weighted by Gasteiger charge is 2.29. The average Bonchev–Trinajstić information content (AvgIpc) is 2.54. The van der Waals surface area contributed by atoms with Crippen LogP contribution in [0.3, 0.4) is 0 Å². The highest BCUT2D eigenvalue weighted by molar-refractivity contribution is 5.25. The molecule has 0 saturated heterocycles. The number of aliphatic hydroxyl groups excluding tert-OH is 1. The van der Waals surface area contributed by atoms with Crippen LogP contribution in [-0.4, -0.2) is 10.7 Å². The normalized spacial score (nSPS) is 14.7. The van der Waals surface area contributed by atoms with Crippen molar-refractivity contribution in [1.82, 2.24) is 0 Å². The molecule has 0 bridgehead atoms. The minimum Gasteiger partial charge on any atom is -0.385 e. The quantitative estimate of drug-likeness (QED) is 0.835. The Hall–Kier alpha value is -1.64. The summed E-state index contributed by atoms with van der Waals surface area (Å²) in [5, 5.41) is 10.8. The van der Waals surface area contributed by atoms with E-state index in [0.717, 1.165) is 17.5 Å². The smallest absolute Gasteiger partial charge is 0.113 e. The molecule has 0 radical (unpaired) electrons. The van der Waals surface area contributed by atoms with Crippen LogP contribution in [0.2, 0.25) is 0 Å². The first-order valence-corrected chi connectivity index (χ1v) is 7.49. The zero-order valence-corrected chi connectivity index (χ0v) is 13.0. The van der Waals surface area contributed by atoms with Gasteiger partial charge < -0.3 is 9.84 Å². The van der Waals surface area contributed by atoms with Crippen LogP contribution >= 0.6 is 0 Å². The fraction of sp³-hybridized carbons (Fsp3) is 0.368. The summed E-state index contributed by atoms with van der Waals surface area (Å²) in [6.45, 7) is 6.21. The predicted octanol–water partition coefficient (Wildman–Crippen LogP) is 4.67. The van der Waals surface area contributed by atoms with Crippen LogP contribution in [0, 0.1) is 0 Å². The molecule has 2 atom stereocenters. The van der Waals surface area contributed by atoms with Gasteiger partial charge in [0.25, 0.3) is 0 Å². The molecule has 0 heterocycles. The summed E-state index contributed by atoms with van der Waals surface area (Å²) in [6, 6.07) is 19.6. The summed E-state index contributed by atoms with van der Waals surface area (Å²) in [7, 11) is 0. The summed E-state index contributed by atoms with van der Waals surface area (Å²) in [5.41, 5.74) is 1.59. The molecule has 2 aromatic rings. The van der Waals surface area contributed by atoms with Gasteiger partial charge in [-0.15, -0.1) is 0 Å². The van der Waals surface area contributed by atoms with Gasteiger partial charge in [-0.05, 0) is 31.4 Å². The van der Waals surface area contributed by atoms with Crippen molar-refractivity contribution < 1.29 is 9.84 Å². The van der Waals surface area contributed by atoms with Gasteiger partial charge >= 0.3 is 0 Å². The fourth-order valence-electron chi connectivity index (χ4n) is 2.21. The Labute approximate surface area is 127 Å². The third kappa shape index (κ3) is 4.16. The van der Waals surface area contributed by atoms with Gasteiger partial charge in [-0.3, -0.25) is 0 Å². The first kappa shape index (κ1) is 15.7. The monoisotopic (exact) mass is 284 g/mol. The van der Waals surface area contributed by atoms with Crippen molar-refractivity contribution in [1.29, 1.82) is 0 Å². The van der Waals surface area contributed by atoms with Crippen molar-refractivity contribution in [2.45, 2.75) is 45.0 Å². The topological polar surface area (TPSA) is 29.5 Å². The van der Waals surface area contributed by atoms with E-state index in [1.165, 1.54) is 0 Å². The van der Waals surface area contributed by atoms with E-state index in [1.807, 2.05) is 60.7 Å². The van der Waals surface area contributed by atoms with Crippen LogP contribution in [0.4, 0.5) is 0 Å². The van der Waals surface area contributed by atoms with Crippen molar-refractivity contribution in [2.75, 3.05) is 0 Å². The Balaban J connectivity index is 2.32. The van der Waals surface area contributed by atoms with Crippen LogP contribution < -0.4 is 0 Å². The van der Waals surface area contributed by atoms with Crippen LogP contribution in [0.15, 0.2) is 60.7 Å². The third-order valence-electron chi connectivity index (χ3n) is 3.85. The molecule has 2 nitrogen and oxygen atoms in total. The zero-order valence-electron chi connectivity index (χ0n) is 13.0. The zero-order chi connectivity index (χ0) is 15.3. The largest absolute Gasteiger partial charge is 0.385 e. The van der Waals surface area contributed by atoms with Gasteiger partial charge in [0.15, 0.2) is 0 Å². The molecule has 2 aromatic carbocycles. The molecule has 21 heavy (non-hydrogen) atoms. The summed E-state index contributed by atoms with van der Waals surface area (Å²) in [4.78, 5) is 0. The standard InChI is InChI=1S/C19H24O2/c1-4-19(2,3)21-18(16-13-9-6-10-14-16)17(20)15-11-7-5-8-12-15/h5-14,17-18,20H,4H2,1-3H3. The van der Waals surface area contributed by atoms with E-state index in [1.54, 1.807) is 0 Å². The molecular formula is C19H24O2. The first-order chi connectivity index (χ1) is 10.0. The van der Waals surface area contributed by atoms with Crippen molar-refractivity contribution in [3.05, 3.63) is 71.8 Å². The van der Waals surface area contributed by atoms with Gasteiger partial charge in [0.05, 0.1) is 5.60 Å². The molecule has 0 aliphatic heterocycles. The lowest BCUT2D eigenvalue weighted by molar-refractivity contribution is -0.124. The highest BCUT2D eigenvalue weighted by atomic mass is 16.5. The van der Waals surface area contributed by atoms with Crippen molar-refractivity contribution in [3.63, 3.8) is 0 Å². The second kappa shape index (κ2) is 6.88. The number of rotatable bonds is 6. The van der Waals surface area contributed by atoms with E-state index in [9.17, 15) is 5.11 Å². The lowest BCUT2D eigenvalue weighted by Crippen LogP contribution is -2.28. The lowest BCUT2D eigenvalue weighted by Gasteiger charge is -2.33. The molecule has 0 aliphatic rings. The lowest BCUT2D eigenvalue weighted by atomic mass is 9.96. The molecule has 0 aromatic heterocycles. The molecular weight excluding hydrogens is 260 g/mol. The van der Waals surface area contributed by atoms with Gasteiger partial charge in [-0.1, -0.05) is 67.6 Å². The second-order valence-corrected chi connectivity index (χ2v) is 5.92. The molecule has 0 spiro atoms. The molecule has 2 unspecified atom stereocenters. The second-order valence-electron chi connectivity index (χ2n) is 5.92. The van der Waals surface area contributed by atoms with Gasteiger partial charge in [0.1, 0.15) is 12.2 Å². The molecule has 0 aliphatic carbocycles. The SMILES string of the molecule is CCC(C)(C)OC(c1ccccc1)C(O)c1ccccc1. The minimum atomic E-state index is -0.681. The summed E-state index contributed by atoms with van der Waals surface area (Å²) in [6.07, 6.45) is -0.166. The number of hydrogen-bond donors (Lipinski definition) is 1. The van der Waals surface area contributed by atoms with Crippen molar-refractivity contribution in [2.24, 2.45) is 0 Å². The maximum atomic E-state index is 10.8. The van der Waals surface area contributed by atoms with Gasteiger partial charge in [0, 0.05) is 0 Å². The molecule has 2 heteroatoms. The molecule has 0 fully saturated rings. The number of ether oxygens (including phenoxy) is 1. The maximum Gasteiger partial charge on any atom is 0.113 e. The maximum absolute atomic E-state index is 10.8. The summed E-state index contributed by atoms with van der Waals surface area (Å²) < 4.78 is 6.24. The van der Waals surface area contributed by atoms with E-state index in [0.29, 0.717) is 0 Å². The van der Waals surface area contributed by atoms with Gasteiger partial charge in [-0.25, -0.2) is 0 Å². The Morgan fingerprint density at radius 2 is 1.38 bits per heavy atom. The predicted molar refractivity (Wildman–Crippen MR) is 86.0 cm³/mol. The number of benzene rings is 2. The van der Waals surface area contributed by atoms with Crippen LogP contribution in [0.5, 0.6) is 0 Å². The van der Waals surface area contributed by atoms with Crippen molar-refractivity contribution in [3.8, 4) is 0 Å². The number of aliphatic hydroxyl groups is 1. The molecule has 1 N–H and O–H groups in total. The van der Waals surface area contributed by atoms with E-state index in [-0.39, 0.29) is 11.7 Å². The highest BCUT2D eigenvalue weighted by Crippen LogP contribution is 2.36. The fourth-order valence-corrected chi connectivity index (χ4v) is 2.21. The summed E-state index contributed by atoms with van der Waals surface area (Å²) in [5.74, 6) is 0. The summed E-state index contributed by atoms with van der Waals surface area (Å²) >= 11 is 0. The molecule has 2 rings (SSSR count). The van der Waals surface area contributed by atoms with Crippen LogP contribution in [-0.2, 0) is 4.74 Å².